The van der Waals surface area contributed by atoms with Gasteiger partial charge in [-0.15, -0.1) is 0 Å². The maximum atomic E-state index is 11.2. The van der Waals surface area contributed by atoms with Gasteiger partial charge in [0, 0.05) is 17.7 Å². The number of carbonyl (C=O) groups excluding carboxylic acids is 1. The molecule has 0 saturated carbocycles. The van der Waals surface area contributed by atoms with E-state index in [0.29, 0.717) is 12.5 Å². The van der Waals surface area contributed by atoms with Crippen LogP contribution in [0.4, 0.5) is 0 Å². The largest absolute Gasteiger partial charge is 0.489 e. The zero-order chi connectivity index (χ0) is 12.1. The Morgan fingerprint density at radius 3 is 3.00 bits per heavy atom. The molecule has 0 aliphatic carbocycles. The highest BCUT2D eigenvalue weighted by molar-refractivity contribution is 7.99. The van der Waals surface area contributed by atoms with Gasteiger partial charge in [-0.3, -0.25) is 4.79 Å². The number of thioether (sulfide) groups is 1. The van der Waals surface area contributed by atoms with E-state index < -0.39 is 0 Å². The average molecular weight is 250 g/mol. The molecule has 2 nitrogen and oxygen atoms in total. The standard InChI is InChI=1S/C14H18O2S/c1-11(15)9-12-5-2-3-7-14(12)16-13-6-4-8-17-10-13/h2-3,5,7,13H,4,6,8-10H2,1H3. The third-order valence-corrected chi connectivity index (χ3v) is 4.01. The zero-order valence-electron chi connectivity index (χ0n) is 10.1. The summed E-state index contributed by atoms with van der Waals surface area (Å²) in [7, 11) is 0. The molecular formula is C14H18O2S. The number of carbonyl (C=O) groups is 1. The highest BCUT2D eigenvalue weighted by Crippen LogP contribution is 2.25. The summed E-state index contributed by atoms with van der Waals surface area (Å²) < 4.78 is 6.01. The van der Waals surface area contributed by atoms with Crippen molar-refractivity contribution in [2.45, 2.75) is 32.3 Å². The normalized spacial score (nSPS) is 19.9. The van der Waals surface area contributed by atoms with Crippen molar-refractivity contribution >= 4 is 17.5 Å². The predicted molar refractivity (Wildman–Crippen MR) is 71.8 cm³/mol. The minimum absolute atomic E-state index is 0.180. The molecule has 1 fully saturated rings. The summed E-state index contributed by atoms with van der Waals surface area (Å²) in [6.07, 6.45) is 3.13. The molecule has 3 heteroatoms. The second kappa shape index (κ2) is 6.10. The summed E-state index contributed by atoms with van der Waals surface area (Å²) in [6.45, 7) is 1.62. The number of ether oxygens (including phenoxy) is 1. The smallest absolute Gasteiger partial charge is 0.134 e. The summed E-state index contributed by atoms with van der Waals surface area (Å²) in [6, 6.07) is 7.87. The van der Waals surface area contributed by atoms with Crippen molar-refractivity contribution in [2.75, 3.05) is 11.5 Å². The lowest BCUT2D eigenvalue weighted by atomic mass is 10.1. The number of rotatable bonds is 4. The molecule has 0 N–H and O–H groups in total. The van der Waals surface area contributed by atoms with Crippen LogP contribution < -0.4 is 4.74 Å². The van der Waals surface area contributed by atoms with E-state index in [1.165, 1.54) is 12.2 Å². The quantitative estimate of drug-likeness (QED) is 0.821. The van der Waals surface area contributed by atoms with Gasteiger partial charge in [0.15, 0.2) is 0 Å². The molecule has 0 amide bonds. The molecule has 0 bridgehead atoms. The van der Waals surface area contributed by atoms with Crippen LogP contribution in [0.5, 0.6) is 5.75 Å². The fourth-order valence-electron chi connectivity index (χ4n) is 2.02. The number of para-hydroxylation sites is 1. The molecule has 1 saturated heterocycles. The predicted octanol–water partition coefficient (Wildman–Crippen LogP) is 3.09. The SMILES string of the molecule is CC(=O)Cc1ccccc1OC1CCCSC1. The van der Waals surface area contributed by atoms with Crippen LogP contribution in [0.15, 0.2) is 24.3 Å². The van der Waals surface area contributed by atoms with Crippen LogP contribution in [-0.2, 0) is 11.2 Å². The van der Waals surface area contributed by atoms with Gasteiger partial charge in [0.1, 0.15) is 17.6 Å². The molecule has 1 aromatic carbocycles. The lowest BCUT2D eigenvalue weighted by Crippen LogP contribution is -2.24. The molecule has 0 spiro atoms. The molecule has 1 aromatic rings. The van der Waals surface area contributed by atoms with Crippen LogP contribution >= 0.6 is 11.8 Å². The summed E-state index contributed by atoms with van der Waals surface area (Å²) in [5.74, 6) is 3.37. The Kier molecular flexibility index (Phi) is 4.49. The van der Waals surface area contributed by atoms with Gasteiger partial charge in [-0.1, -0.05) is 18.2 Å². The molecule has 17 heavy (non-hydrogen) atoms. The van der Waals surface area contributed by atoms with Crippen LogP contribution in [0.1, 0.15) is 25.3 Å². The van der Waals surface area contributed by atoms with Crippen molar-refractivity contribution in [1.29, 1.82) is 0 Å². The fraction of sp³-hybridized carbons (Fsp3) is 0.500. The van der Waals surface area contributed by atoms with E-state index in [0.717, 1.165) is 23.5 Å². The second-order valence-corrected chi connectivity index (χ2v) is 5.59. The van der Waals surface area contributed by atoms with Crippen molar-refractivity contribution in [3.63, 3.8) is 0 Å². The summed E-state index contributed by atoms with van der Waals surface area (Å²) in [4.78, 5) is 11.2. The first-order valence-corrected chi connectivity index (χ1v) is 7.23. The molecule has 2 rings (SSSR count). The van der Waals surface area contributed by atoms with E-state index >= 15 is 0 Å². The summed E-state index contributed by atoms with van der Waals surface area (Å²) in [5.41, 5.74) is 1.01. The molecule has 0 radical (unpaired) electrons. The molecule has 0 aromatic heterocycles. The van der Waals surface area contributed by atoms with E-state index in [9.17, 15) is 4.79 Å². The Bertz CT molecular complexity index is 384. The van der Waals surface area contributed by atoms with Crippen molar-refractivity contribution in [3.8, 4) is 5.75 Å². The van der Waals surface area contributed by atoms with Crippen LogP contribution in [0.3, 0.4) is 0 Å². The molecule has 1 heterocycles. The van der Waals surface area contributed by atoms with Crippen molar-refractivity contribution in [3.05, 3.63) is 29.8 Å². The van der Waals surface area contributed by atoms with E-state index in [1.807, 2.05) is 36.0 Å². The number of hydrogen-bond donors (Lipinski definition) is 0. The molecular weight excluding hydrogens is 232 g/mol. The van der Waals surface area contributed by atoms with Crippen LogP contribution in [0.25, 0.3) is 0 Å². The van der Waals surface area contributed by atoms with E-state index in [4.69, 9.17) is 4.74 Å². The van der Waals surface area contributed by atoms with E-state index in [1.54, 1.807) is 6.92 Å². The van der Waals surface area contributed by atoms with Crippen molar-refractivity contribution in [1.82, 2.24) is 0 Å². The van der Waals surface area contributed by atoms with Gasteiger partial charge in [-0.25, -0.2) is 0 Å². The van der Waals surface area contributed by atoms with Gasteiger partial charge in [0.25, 0.3) is 0 Å². The van der Waals surface area contributed by atoms with Gasteiger partial charge in [-0.05, 0) is 31.6 Å². The third-order valence-electron chi connectivity index (χ3n) is 2.82. The van der Waals surface area contributed by atoms with E-state index in [-0.39, 0.29) is 5.78 Å². The average Bonchev–Trinajstić information content (AvgIpc) is 2.32. The topological polar surface area (TPSA) is 26.3 Å². The molecule has 1 aliphatic heterocycles. The first-order chi connectivity index (χ1) is 8.25. The fourth-order valence-corrected chi connectivity index (χ4v) is 3.05. The molecule has 1 unspecified atom stereocenters. The minimum Gasteiger partial charge on any atom is -0.489 e. The van der Waals surface area contributed by atoms with Gasteiger partial charge in [0.2, 0.25) is 0 Å². The third kappa shape index (κ3) is 3.77. The number of hydrogen-bond acceptors (Lipinski definition) is 3. The van der Waals surface area contributed by atoms with Crippen LogP contribution in [0, 0.1) is 0 Å². The monoisotopic (exact) mass is 250 g/mol. The molecule has 1 atom stereocenters. The summed E-state index contributed by atoms with van der Waals surface area (Å²) in [5, 5.41) is 0. The molecule has 1 aliphatic rings. The van der Waals surface area contributed by atoms with Gasteiger partial charge in [0.05, 0.1) is 0 Å². The Balaban J connectivity index is 2.05. The number of Topliss-reactive ketones (excluding diaryl/α,β-unsaturated/α-hetero) is 1. The lowest BCUT2D eigenvalue weighted by Gasteiger charge is -2.23. The first kappa shape index (κ1) is 12.5. The van der Waals surface area contributed by atoms with Gasteiger partial charge >= 0.3 is 0 Å². The van der Waals surface area contributed by atoms with E-state index in [2.05, 4.69) is 0 Å². The highest BCUT2D eigenvalue weighted by atomic mass is 32.2. The van der Waals surface area contributed by atoms with Crippen molar-refractivity contribution in [2.24, 2.45) is 0 Å². The Morgan fingerprint density at radius 2 is 2.29 bits per heavy atom. The van der Waals surface area contributed by atoms with Gasteiger partial charge < -0.3 is 4.74 Å². The maximum Gasteiger partial charge on any atom is 0.134 e. The second-order valence-electron chi connectivity index (χ2n) is 4.44. The van der Waals surface area contributed by atoms with Crippen LogP contribution in [-0.4, -0.2) is 23.4 Å². The maximum absolute atomic E-state index is 11.2. The van der Waals surface area contributed by atoms with Crippen LogP contribution in [0.2, 0.25) is 0 Å². The number of ketones is 1. The lowest BCUT2D eigenvalue weighted by molar-refractivity contribution is -0.116. The van der Waals surface area contributed by atoms with Crippen molar-refractivity contribution < 1.29 is 9.53 Å². The highest BCUT2D eigenvalue weighted by Gasteiger charge is 2.16. The van der Waals surface area contributed by atoms with Gasteiger partial charge in [-0.2, -0.15) is 11.8 Å². The molecule has 92 valence electrons. The number of benzene rings is 1. The Morgan fingerprint density at radius 1 is 1.47 bits per heavy atom. The minimum atomic E-state index is 0.180. The summed E-state index contributed by atoms with van der Waals surface area (Å²) >= 11 is 1.95. The zero-order valence-corrected chi connectivity index (χ0v) is 11.0. The Hall–Kier alpha value is -0.960. The first-order valence-electron chi connectivity index (χ1n) is 6.07. The Labute approximate surface area is 107 Å².